The molecule has 0 N–H and O–H groups in total. The lowest BCUT2D eigenvalue weighted by molar-refractivity contribution is -0.127. The van der Waals surface area contributed by atoms with Crippen molar-refractivity contribution in [1.82, 2.24) is 4.90 Å². The van der Waals surface area contributed by atoms with Crippen molar-refractivity contribution in [3.05, 3.63) is 35.2 Å². The standard InChI is InChI=1S/C17H20FNO4S/c1-17(2)5-6-19(7-8-24(17,21)22)16(20)13-9-12-10-14(18)3-4-15(12)23-11-13/h3-4,9-10H,5-8,11H2,1-2H3. The highest BCUT2D eigenvalue weighted by Gasteiger charge is 2.38. The Kier molecular flexibility index (Phi) is 4.15. The van der Waals surface area contributed by atoms with Crippen LogP contribution in [0.25, 0.3) is 6.08 Å². The first-order valence-corrected chi connectivity index (χ1v) is 9.49. The zero-order valence-corrected chi connectivity index (χ0v) is 14.5. The van der Waals surface area contributed by atoms with Crippen LogP contribution in [0.5, 0.6) is 5.75 Å². The second-order valence-corrected chi connectivity index (χ2v) is 9.50. The fourth-order valence-electron chi connectivity index (χ4n) is 2.86. The van der Waals surface area contributed by atoms with Crippen LogP contribution in [0.3, 0.4) is 0 Å². The maximum atomic E-state index is 13.4. The number of amides is 1. The van der Waals surface area contributed by atoms with Gasteiger partial charge < -0.3 is 9.64 Å². The Morgan fingerprint density at radius 3 is 2.79 bits per heavy atom. The number of nitrogens with zero attached hydrogens (tertiary/aromatic N) is 1. The molecule has 0 atom stereocenters. The molecule has 1 aromatic carbocycles. The number of sulfone groups is 1. The molecule has 1 aromatic rings. The first kappa shape index (κ1) is 17.0. The van der Waals surface area contributed by atoms with Crippen LogP contribution >= 0.6 is 0 Å². The van der Waals surface area contributed by atoms with Gasteiger partial charge in [0.25, 0.3) is 5.91 Å². The topological polar surface area (TPSA) is 63.7 Å². The lowest BCUT2D eigenvalue weighted by Crippen LogP contribution is -2.36. The molecule has 2 aliphatic heterocycles. The number of carbonyl (C=O) groups is 1. The van der Waals surface area contributed by atoms with Crippen LogP contribution in [0, 0.1) is 5.82 Å². The van der Waals surface area contributed by atoms with Gasteiger partial charge in [-0.1, -0.05) is 0 Å². The molecule has 1 amide bonds. The Morgan fingerprint density at radius 1 is 1.29 bits per heavy atom. The summed E-state index contributed by atoms with van der Waals surface area (Å²) >= 11 is 0. The van der Waals surface area contributed by atoms with Crippen molar-refractivity contribution in [3.63, 3.8) is 0 Å². The van der Waals surface area contributed by atoms with E-state index in [9.17, 15) is 17.6 Å². The van der Waals surface area contributed by atoms with Crippen molar-refractivity contribution in [2.75, 3.05) is 25.4 Å². The third-order valence-electron chi connectivity index (χ3n) is 4.70. The number of benzene rings is 1. The fourth-order valence-corrected chi connectivity index (χ4v) is 4.27. The van der Waals surface area contributed by atoms with Gasteiger partial charge in [-0.3, -0.25) is 4.79 Å². The zero-order valence-electron chi connectivity index (χ0n) is 13.7. The molecule has 0 spiro atoms. The SMILES string of the molecule is CC1(C)CCN(C(=O)C2=Cc3cc(F)ccc3OC2)CCS1(=O)=O. The first-order valence-electron chi connectivity index (χ1n) is 7.84. The van der Waals surface area contributed by atoms with Crippen LogP contribution in [-0.2, 0) is 14.6 Å². The molecule has 24 heavy (non-hydrogen) atoms. The second-order valence-electron chi connectivity index (χ2n) is 6.76. The van der Waals surface area contributed by atoms with Crippen molar-refractivity contribution in [3.8, 4) is 5.75 Å². The van der Waals surface area contributed by atoms with Gasteiger partial charge in [0.15, 0.2) is 9.84 Å². The van der Waals surface area contributed by atoms with Gasteiger partial charge in [-0.25, -0.2) is 12.8 Å². The van der Waals surface area contributed by atoms with E-state index in [1.165, 1.54) is 18.2 Å². The van der Waals surface area contributed by atoms with Crippen molar-refractivity contribution >= 4 is 21.8 Å². The van der Waals surface area contributed by atoms with Gasteiger partial charge in [-0.2, -0.15) is 0 Å². The normalized spacial score (nSPS) is 22.0. The Hall–Kier alpha value is -1.89. The molecular weight excluding hydrogens is 333 g/mol. The van der Waals surface area contributed by atoms with Crippen LogP contribution in [-0.4, -0.2) is 49.4 Å². The minimum absolute atomic E-state index is 0.0505. The molecular formula is C17H20FNO4S. The highest BCUT2D eigenvalue weighted by Crippen LogP contribution is 2.29. The molecule has 7 heteroatoms. The zero-order chi connectivity index (χ0) is 17.5. The fraction of sp³-hybridized carbons (Fsp3) is 0.471. The number of rotatable bonds is 1. The highest BCUT2D eigenvalue weighted by molar-refractivity contribution is 7.92. The van der Waals surface area contributed by atoms with Crippen LogP contribution in [0.4, 0.5) is 4.39 Å². The van der Waals surface area contributed by atoms with Crippen molar-refractivity contribution in [2.24, 2.45) is 0 Å². The average molecular weight is 353 g/mol. The molecule has 0 saturated carbocycles. The molecule has 2 aliphatic rings. The van der Waals surface area contributed by atoms with Gasteiger partial charge in [0, 0.05) is 18.7 Å². The highest BCUT2D eigenvalue weighted by atomic mass is 32.2. The summed E-state index contributed by atoms with van der Waals surface area (Å²) in [5.41, 5.74) is 0.928. The van der Waals surface area contributed by atoms with Crippen molar-refractivity contribution in [1.29, 1.82) is 0 Å². The molecule has 0 bridgehead atoms. The van der Waals surface area contributed by atoms with E-state index >= 15 is 0 Å². The van der Waals surface area contributed by atoms with E-state index in [2.05, 4.69) is 0 Å². The minimum atomic E-state index is -3.24. The number of carbonyl (C=O) groups excluding carboxylic acids is 1. The summed E-state index contributed by atoms with van der Waals surface area (Å²) in [4.78, 5) is 14.3. The Morgan fingerprint density at radius 2 is 2.04 bits per heavy atom. The lowest BCUT2D eigenvalue weighted by atomic mass is 10.1. The molecule has 0 unspecified atom stereocenters. The summed E-state index contributed by atoms with van der Waals surface area (Å²) in [6.07, 6.45) is 2.01. The van der Waals surface area contributed by atoms with Gasteiger partial charge in [-0.15, -0.1) is 0 Å². The number of halogens is 1. The van der Waals surface area contributed by atoms with Gasteiger partial charge in [0.2, 0.25) is 0 Å². The smallest absolute Gasteiger partial charge is 0.253 e. The summed E-state index contributed by atoms with van der Waals surface area (Å²) in [5.74, 6) is -0.166. The lowest BCUT2D eigenvalue weighted by Gasteiger charge is -2.25. The second kappa shape index (κ2) is 5.88. The number of fused-ring (bicyclic) bond motifs is 1. The van der Waals surface area contributed by atoms with Gasteiger partial charge in [0.05, 0.1) is 16.1 Å². The molecule has 1 saturated heterocycles. The number of hydrogen-bond donors (Lipinski definition) is 0. The molecule has 1 fully saturated rings. The van der Waals surface area contributed by atoms with Gasteiger partial charge in [0.1, 0.15) is 18.2 Å². The molecule has 130 valence electrons. The monoisotopic (exact) mass is 353 g/mol. The van der Waals surface area contributed by atoms with E-state index in [1.807, 2.05) is 0 Å². The molecule has 5 nitrogen and oxygen atoms in total. The van der Waals surface area contributed by atoms with E-state index in [4.69, 9.17) is 4.74 Å². The summed E-state index contributed by atoms with van der Waals surface area (Å²) in [7, 11) is -3.24. The van der Waals surface area contributed by atoms with Crippen molar-refractivity contribution in [2.45, 2.75) is 25.0 Å². The van der Waals surface area contributed by atoms with Gasteiger partial charge in [-0.05, 0) is 44.5 Å². The van der Waals surface area contributed by atoms with E-state index in [-0.39, 0.29) is 24.8 Å². The van der Waals surface area contributed by atoms with E-state index in [0.717, 1.165) is 0 Å². The maximum absolute atomic E-state index is 13.4. The quantitative estimate of drug-likeness (QED) is 0.775. The summed E-state index contributed by atoms with van der Waals surface area (Å²) in [6, 6.07) is 4.16. The predicted molar refractivity (Wildman–Crippen MR) is 88.9 cm³/mol. The van der Waals surface area contributed by atoms with Crippen LogP contribution in [0.15, 0.2) is 23.8 Å². The largest absolute Gasteiger partial charge is 0.488 e. The van der Waals surface area contributed by atoms with Crippen molar-refractivity contribution < 1.29 is 22.3 Å². The van der Waals surface area contributed by atoms with E-state index in [0.29, 0.717) is 29.9 Å². The summed E-state index contributed by atoms with van der Waals surface area (Å²) < 4.78 is 42.5. The maximum Gasteiger partial charge on any atom is 0.253 e. The summed E-state index contributed by atoms with van der Waals surface area (Å²) in [5, 5.41) is 0. The predicted octanol–water partition coefficient (Wildman–Crippen LogP) is 2.03. The molecule has 0 aromatic heterocycles. The Labute approximate surface area is 141 Å². The molecule has 2 heterocycles. The third kappa shape index (κ3) is 3.05. The Bertz CT molecular complexity index is 814. The molecule has 0 aliphatic carbocycles. The first-order chi connectivity index (χ1) is 11.2. The molecule has 3 rings (SSSR count). The van der Waals surface area contributed by atoms with Gasteiger partial charge >= 0.3 is 0 Å². The van der Waals surface area contributed by atoms with E-state index in [1.54, 1.807) is 24.8 Å². The van der Waals surface area contributed by atoms with Crippen LogP contribution < -0.4 is 4.74 Å². The number of hydrogen-bond acceptors (Lipinski definition) is 4. The van der Waals surface area contributed by atoms with Crippen LogP contribution in [0.2, 0.25) is 0 Å². The summed E-state index contributed by atoms with van der Waals surface area (Å²) in [6.45, 7) is 4.02. The Balaban J connectivity index is 1.83. The van der Waals surface area contributed by atoms with E-state index < -0.39 is 20.4 Å². The molecule has 0 radical (unpaired) electrons. The van der Waals surface area contributed by atoms with Crippen LogP contribution in [0.1, 0.15) is 25.8 Å². The number of ether oxygens (including phenoxy) is 1. The third-order valence-corrected chi connectivity index (χ3v) is 7.31. The average Bonchev–Trinajstić information content (AvgIpc) is 2.63. The minimum Gasteiger partial charge on any atom is -0.488 e.